The van der Waals surface area contributed by atoms with Crippen LogP contribution in [0.4, 0.5) is 4.39 Å². The predicted octanol–water partition coefficient (Wildman–Crippen LogP) is 4.69. The van der Waals surface area contributed by atoms with Gasteiger partial charge >= 0.3 is 0 Å². The highest BCUT2D eigenvalue weighted by molar-refractivity contribution is 5.91. The summed E-state index contributed by atoms with van der Waals surface area (Å²) in [5, 5.41) is 9.41. The highest BCUT2D eigenvalue weighted by Crippen LogP contribution is 2.34. The molecule has 0 saturated carbocycles. The summed E-state index contributed by atoms with van der Waals surface area (Å²) in [6.07, 6.45) is 1.55. The summed E-state index contributed by atoms with van der Waals surface area (Å²) < 4.78 is 25.1. The molecule has 0 unspecified atom stereocenters. The number of halogens is 1. The zero-order valence-electron chi connectivity index (χ0n) is 13.3. The van der Waals surface area contributed by atoms with Gasteiger partial charge in [0.2, 0.25) is 0 Å². The minimum atomic E-state index is -0.436. The zero-order valence-corrected chi connectivity index (χ0v) is 13.3. The molecule has 0 radical (unpaired) electrons. The number of rotatable bonds is 5. The summed E-state index contributed by atoms with van der Waals surface area (Å²) in [4.78, 5) is 0. The van der Waals surface area contributed by atoms with Gasteiger partial charge in [-0.25, -0.2) is 4.39 Å². The Morgan fingerprint density at radius 2 is 1.91 bits per heavy atom. The molecule has 0 spiro atoms. The van der Waals surface area contributed by atoms with Gasteiger partial charge in [0.05, 0.1) is 24.9 Å². The Morgan fingerprint density at radius 3 is 2.52 bits per heavy atom. The van der Waals surface area contributed by atoms with Gasteiger partial charge in [-0.15, -0.1) is 0 Å². The lowest BCUT2D eigenvalue weighted by molar-refractivity contribution is 0.229. The van der Waals surface area contributed by atoms with Crippen molar-refractivity contribution in [3.63, 3.8) is 0 Å². The highest BCUT2D eigenvalue weighted by Gasteiger charge is 2.13. The molecule has 0 saturated heterocycles. The fourth-order valence-electron chi connectivity index (χ4n) is 2.17. The van der Waals surface area contributed by atoms with Crippen molar-refractivity contribution in [2.45, 2.75) is 20.0 Å². The summed E-state index contributed by atoms with van der Waals surface area (Å²) in [6, 6.07) is 13.6. The summed E-state index contributed by atoms with van der Waals surface area (Å²) in [5.41, 5.74) is 1.15. The maximum atomic E-state index is 13.9. The fourth-order valence-corrected chi connectivity index (χ4v) is 2.17. The van der Waals surface area contributed by atoms with E-state index in [-0.39, 0.29) is 17.2 Å². The zero-order chi connectivity index (χ0) is 16.8. The molecule has 0 aromatic heterocycles. The average molecular weight is 311 g/mol. The van der Waals surface area contributed by atoms with Crippen molar-refractivity contribution >= 4 is 11.6 Å². The Bertz CT molecular complexity index is 760. The molecule has 0 aliphatic rings. The van der Waals surface area contributed by atoms with E-state index in [4.69, 9.17) is 9.47 Å². The van der Waals surface area contributed by atoms with E-state index in [1.807, 2.05) is 13.8 Å². The van der Waals surface area contributed by atoms with E-state index in [9.17, 15) is 9.65 Å². The normalized spacial score (nSPS) is 11.2. The minimum Gasteiger partial charge on any atom is -0.493 e. The van der Waals surface area contributed by atoms with Gasteiger partial charge < -0.3 is 9.47 Å². The summed E-state index contributed by atoms with van der Waals surface area (Å²) >= 11 is 0. The van der Waals surface area contributed by atoms with E-state index < -0.39 is 5.82 Å². The monoisotopic (exact) mass is 311 g/mol. The number of methoxy groups -OCH3 is 1. The van der Waals surface area contributed by atoms with Gasteiger partial charge in [-0.2, -0.15) is 5.26 Å². The van der Waals surface area contributed by atoms with Gasteiger partial charge in [0.25, 0.3) is 0 Å². The van der Waals surface area contributed by atoms with Crippen molar-refractivity contribution in [2.75, 3.05) is 7.11 Å². The van der Waals surface area contributed by atoms with Gasteiger partial charge in [0.15, 0.2) is 11.5 Å². The first kappa shape index (κ1) is 16.6. The van der Waals surface area contributed by atoms with Crippen LogP contribution in [0.1, 0.15) is 25.0 Å². The maximum absolute atomic E-state index is 13.9. The van der Waals surface area contributed by atoms with E-state index in [0.717, 1.165) is 0 Å². The number of hydrogen-bond acceptors (Lipinski definition) is 3. The lowest BCUT2D eigenvalue weighted by atomic mass is 10.0. The van der Waals surface area contributed by atoms with Gasteiger partial charge in [0, 0.05) is 11.1 Å². The number of ether oxygens (including phenoxy) is 2. The van der Waals surface area contributed by atoms with Crippen molar-refractivity contribution in [2.24, 2.45) is 0 Å². The second-order valence-electron chi connectivity index (χ2n) is 5.19. The fraction of sp³-hybridized carbons (Fsp3) is 0.211. The van der Waals surface area contributed by atoms with Gasteiger partial charge in [-0.1, -0.05) is 30.3 Å². The third-order valence-electron chi connectivity index (χ3n) is 3.17. The Morgan fingerprint density at radius 1 is 1.17 bits per heavy atom. The molecule has 2 rings (SSSR count). The van der Waals surface area contributed by atoms with Crippen molar-refractivity contribution < 1.29 is 13.9 Å². The molecule has 4 heteroatoms. The van der Waals surface area contributed by atoms with E-state index >= 15 is 0 Å². The second-order valence-corrected chi connectivity index (χ2v) is 5.19. The third kappa shape index (κ3) is 3.89. The topological polar surface area (TPSA) is 42.2 Å². The van der Waals surface area contributed by atoms with Crippen molar-refractivity contribution in [3.8, 4) is 17.6 Å². The first-order chi connectivity index (χ1) is 11.1. The smallest absolute Gasteiger partial charge is 0.168 e. The number of allylic oxidation sites excluding steroid dienone is 1. The molecule has 0 bridgehead atoms. The summed E-state index contributed by atoms with van der Waals surface area (Å²) in [7, 11) is 1.55. The molecular formula is C19H18FNO2. The van der Waals surface area contributed by atoms with Crippen LogP contribution >= 0.6 is 0 Å². The Kier molecular flexibility index (Phi) is 5.37. The summed E-state index contributed by atoms with van der Waals surface area (Å²) in [5.74, 6) is 0.668. The van der Waals surface area contributed by atoms with Crippen molar-refractivity contribution in [1.82, 2.24) is 0 Å². The van der Waals surface area contributed by atoms with Crippen LogP contribution in [0.5, 0.6) is 11.5 Å². The molecule has 2 aromatic carbocycles. The molecule has 0 aliphatic heterocycles. The Hall–Kier alpha value is -2.80. The molecule has 0 heterocycles. The number of nitriles is 1. The van der Waals surface area contributed by atoms with Gasteiger partial charge in [-0.05, 0) is 32.1 Å². The lowest BCUT2D eigenvalue weighted by Gasteiger charge is -2.16. The van der Waals surface area contributed by atoms with Crippen LogP contribution in [0, 0.1) is 17.1 Å². The average Bonchev–Trinajstić information content (AvgIpc) is 2.54. The van der Waals surface area contributed by atoms with Crippen LogP contribution in [0.25, 0.3) is 11.6 Å². The van der Waals surface area contributed by atoms with E-state index in [1.165, 1.54) is 6.07 Å². The molecule has 0 fully saturated rings. The SMILES string of the molecule is COc1cccc(/C=C(/C#N)c2ccccc2F)c1OC(C)C. The van der Waals surface area contributed by atoms with Crippen LogP contribution in [0.15, 0.2) is 42.5 Å². The Labute approximate surface area is 135 Å². The molecule has 0 amide bonds. The van der Waals surface area contributed by atoms with Gasteiger partial charge in [0.1, 0.15) is 5.82 Å². The molecule has 23 heavy (non-hydrogen) atoms. The molecule has 2 aromatic rings. The highest BCUT2D eigenvalue weighted by atomic mass is 19.1. The third-order valence-corrected chi connectivity index (χ3v) is 3.17. The van der Waals surface area contributed by atoms with Crippen LogP contribution in [-0.2, 0) is 0 Å². The predicted molar refractivity (Wildman–Crippen MR) is 88.6 cm³/mol. The Balaban J connectivity index is 2.57. The molecule has 0 N–H and O–H groups in total. The van der Waals surface area contributed by atoms with Crippen LogP contribution in [0.2, 0.25) is 0 Å². The summed E-state index contributed by atoms with van der Waals surface area (Å²) in [6.45, 7) is 3.81. The molecular weight excluding hydrogens is 293 g/mol. The first-order valence-corrected chi connectivity index (χ1v) is 7.27. The van der Waals surface area contributed by atoms with E-state index in [2.05, 4.69) is 6.07 Å². The largest absolute Gasteiger partial charge is 0.493 e. The minimum absolute atomic E-state index is 0.0579. The lowest BCUT2D eigenvalue weighted by Crippen LogP contribution is -2.08. The van der Waals surface area contributed by atoms with Crippen molar-refractivity contribution in [3.05, 3.63) is 59.4 Å². The number of hydrogen-bond donors (Lipinski definition) is 0. The molecule has 0 aliphatic carbocycles. The quantitative estimate of drug-likeness (QED) is 0.594. The number of para-hydroxylation sites is 1. The number of benzene rings is 2. The molecule has 3 nitrogen and oxygen atoms in total. The van der Waals surface area contributed by atoms with Crippen LogP contribution < -0.4 is 9.47 Å². The van der Waals surface area contributed by atoms with Gasteiger partial charge in [-0.3, -0.25) is 0 Å². The second kappa shape index (κ2) is 7.46. The molecule has 0 atom stereocenters. The molecule has 118 valence electrons. The van der Waals surface area contributed by atoms with E-state index in [0.29, 0.717) is 17.1 Å². The van der Waals surface area contributed by atoms with Crippen LogP contribution in [-0.4, -0.2) is 13.2 Å². The van der Waals surface area contributed by atoms with E-state index in [1.54, 1.807) is 49.6 Å². The van der Waals surface area contributed by atoms with Crippen LogP contribution in [0.3, 0.4) is 0 Å². The van der Waals surface area contributed by atoms with Crippen molar-refractivity contribution in [1.29, 1.82) is 5.26 Å². The standard InChI is InChI=1S/C19H18FNO2/c1-13(2)23-19-14(7-6-10-18(19)22-3)11-15(12-21)16-8-4-5-9-17(16)20/h4-11,13H,1-3H3/b15-11-. The maximum Gasteiger partial charge on any atom is 0.168 e. The number of nitrogens with zero attached hydrogens (tertiary/aromatic N) is 1. The first-order valence-electron chi connectivity index (χ1n) is 7.27.